The van der Waals surface area contributed by atoms with Gasteiger partial charge in [-0.1, -0.05) is 60.7 Å². The highest BCUT2D eigenvalue weighted by molar-refractivity contribution is 6.05. The molecule has 0 aromatic heterocycles. The van der Waals surface area contributed by atoms with E-state index < -0.39 is 12.0 Å². The molecule has 0 radical (unpaired) electrons. The third-order valence-corrected chi connectivity index (χ3v) is 3.91. The van der Waals surface area contributed by atoms with Gasteiger partial charge in [0, 0.05) is 12.8 Å². The summed E-state index contributed by atoms with van der Waals surface area (Å²) in [6.07, 6.45) is 0.266. The fourth-order valence-corrected chi connectivity index (χ4v) is 2.72. The summed E-state index contributed by atoms with van der Waals surface area (Å²) in [4.78, 5) is 37.8. The highest BCUT2D eigenvalue weighted by Gasteiger charge is 2.40. The molecule has 1 fully saturated rings. The molecule has 0 bridgehead atoms. The van der Waals surface area contributed by atoms with Crippen LogP contribution in [0.1, 0.15) is 30.0 Å². The molecule has 2 aromatic carbocycles. The molecule has 24 heavy (non-hydrogen) atoms. The van der Waals surface area contributed by atoms with Crippen LogP contribution in [0.3, 0.4) is 0 Å². The predicted octanol–water partition coefficient (Wildman–Crippen LogP) is 2.62. The number of ether oxygens (including phenoxy) is 1. The van der Waals surface area contributed by atoms with Crippen LogP contribution in [0.2, 0.25) is 0 Å². The van der Waals surface area contributed by atoms with Crippen LogP contribution in [0.4, 0.5) is 0 Å². The van der Waals surface area contributed by atoms with Crippen molar-refractivity contribution in [1.29, 1.82) is 0 Å². The summed E-state index contributed by atoms with van der Waals surface area (Å²) in [6.45, 7) is 0.0965. The molecule has 122 valence electrons. The molecule has 2 aromatic rings. The van der Waals surface area contributed by atoms with Gasteiger partial charge in [-0.2, -0.15) is 0 Å². The highest BCUT2D eigenvalue weighted by Crippen LogP contribution is 2.28. The number of carbonyl (C=O) groups is 3. The number of carbonyl (C=O) groups excluding carboxylic acids is 3. The van der Waals surface area contributed by atoms with Crippen LogP contribution in [0.15, 0.2) is 60.7 Å². The Morgan fingerprint density at radius 2 is 1.46 bits per heavy atom. The molecule has 0 spiro atoms. The lowest BCUT2D eigenvalue weighted by Crippen LogP contribution is -2.38. The van der Waals surface area contributed by atoms with Gasteiger partial charge in [0.05, 0.1) is 0 Å². The van der Waals surface area contributed by atoms with Crippen molar-refractivity contribution in [2.45, 2.75) is 25.5 Å². The van der Waals surface area contributed by atoms with Crippen LogP contribution in [0.25, 0.3) is 0 Å². The van der Waals surface area contributed by atoms with Gasteiger partial charge in [-0.05, 0) is 11.1 Å². The Morgan fingerprint density at radius 1 is 0.917 bits per heavy atom. The lowest BCUT2D eigenvalue weighted by atomic mass is 10.1. The van der Waals surface area contributed by atoms with Crippen molar-refractivity contribution in [2.75, 3.05) is 0 Å². The molecule has 3 rings (SSSR count). The van der Waals surface area contributed by atoms with E-state index in [1.165, 1.54) is 0 Å². The zero-order valence-corrected chi connectivity index (χ0v) is 13.1. The molecule has 5 nitrogen and oxygen atoms in total. The number of hydrogen-bond donors (Lipinski definition) is 0. The Kier molecular flexibility index (Phi) is 4.70. The molecular weight excluding hydrogens is 306 g/mol. The number of likely N-dealkylation sites (tertiary alicyclic amines) is 1. The molecule has 1 saturated heterocycles. The second kappa shape index (κ2) is 7.08. The van der Waals surface area contributed by atoms with E-state index in [-0.39, 0.29) is 31.3 Å². The van der Waals surface area contributed by atoms with Gasteiger partial charge in [-0.25, -0.2) is 4.79 Å². The Hall–Kier alpha value is -2.95. The molecule has 1 aliphatic rings. The Labute approximate surface area is 139 Å². The second-order valence-corrected chi connectivity index (χ2v) is 5.56. The van der Waals surface area contributed by atoms with Crippen molar-refractivity contribution < 1.29 is 19.1 Å². The number of rotatable bonds is 5. The van der Waals surface area contributed by atoms with Gasteiger partial charge >= 0.3 is 5.97 Å². The van der Waals surface area contributed by atoms with E-state index in [9.17, 15) is 14.4 Å². The molecule has 1 aliphatic heterocycles. The quantitative estimate of drug-likeness (QED) is 0.627. The molecule has 5 heteroatoms. The van der Waals surface area contributed by atoms with Crippen molar-refractivity contribution in [3.8, 4) is 0 Å². The molecule has 0 aliphatic carbocycles. The maximum atomic E-state index is 12.6. The van der Waals surface area contributed by atoms with Crippen LogP contribution >= 0.6 is 0 Å². The maximum Gasteiger partial charge on any atom is 0.334 e. The molecule has 1 heterocycles. The number of esters is 1. The number of imide groups is 1. The monoisotopic (exact) mass is 323 g/mol. The van der Waals surface area contributed by atoms with Crippen molar-refractivity contribution >= 4 is 17.8 Å². The summed E-state index contributed by atoms with van der Waals surface area (Å²) >= 11 is 0. The molecule has 0 N–H and O–H groups in total. The fourth-order valence-electron chi connectivity index (χ4n) is 2.72. The first-order chi connectivity index (χ1) is 11.7. The van der Waals surface area contributed by atoms with Crippen LogP contribution in [-0.4, -0.2) is 22.7 Å². The normalized spacial score (nSPS) is 15.4. The van der Waals surface area contributed by atoms with E-state index in [1.807, 2.05) is 36.4 Å². The van der Waals surface area contributed by atoms with Gasteiger partial charge in [-0.15, -0.1) is 0 Å². The van der Waals surface area contributed by atoms with Crippen molar-refractivity contribution in [1.82, 2.24) is 4.90 Å². The van der Waals surface area contributed by atoms with Crippen molar-refractivity contribution in [2.24, 2.45) is 0 Å². The average Bonchev–Trinajstić information content (AvgIpc) is 2.94. The molecular formula is C19H17NO4. The van der Waals surface area contributed by atoms with E-state index >= 15 is 0 Å². The topological polar surface area (TPSA) is 63.7 Å². The Morgan fingerprint density at radius 3 is 2.04 bits per heavy atom. The fraction of sp³-hybridized carbons (Fsp3) is 0.211. The summed E-state index contributed by atoms with van der Waals surface area (Å²) in [7, 11) is 0. The molecule has 2 amide bonds. The molecule has 0 unspecified atom stereocenters. The largest absolute Gasteiger partial charge is 0.459 e. The summed E-state index contributed by atoms with van der Waals surface area (Å²) in [5.74, 6) is -1.29. The third kappa shape index (κ3) is 3.35. The van der Waals surface area contributed by atoms with E-state index in [0.29, 0.717) is 5.56 Å². The van der Waals surface area contributed by atoms with Crippen LogP contribution in [0.5, 0.6) is 0 Å². The van der Waals surface area contributed by atoms with Gasteiger partial charge < -0.3 is 4.74 Å². The first-order valence-electron chi connectivity index (χ1n) is 7.77. The second-order valence-electron chi connectivity index (χ2n) is 5.56. The summed E-state index contributed by atoms with van der Waals surface area (Å²) in [5, 5.41) is 0. The standard InChI is InChI=1S/C19H17NO4/c21-16-11-12-17(22)20(16)18(15-9-5-2-6-10-15)19(23)24-13-14-7-3-1-4-8-14/h1-10,18H,11-13H2/t18-/m1/s1. The number of hydrogen-bond acceptors (Lipinski definition) is 4. The zero-order valence-electron chi connectivity index (χ0n) is 13.1. The number of benzene rings is 2. The smallest absolute Gasteiger partial charge is 0.334 e. The predicted molar refractivity (Wildman–Crippen MR) is 86.5 cm³/mol. The van der Waals surface area contributed by atoms with Gasteiger partial charge in [-0.3, -0.25) is 14.5 Å². The third-order valence-electron chi connectivity index (χ3n) is 3.91. The first-order valence-corrected chi connectivity index (χ1v) is 7.77. The van der Waals surface area contributed by atoms with Crippen LogP contribution in [0, 0.1) is 0 Å². The van der Waals surface area contributed by atoms with Crippen molar-refractivity contribution in [3.63, 3.8) is 0 Å². The van der Waals surface area contributed by atoms with E-state index in [2.05, 4.69) is 0 Å². The number of nitrogens with zero attached hydrogens (tertiary/aromatic N) is 1. The summed E-state index contributed by atoms with van der Waals surface area (Å²) in [5.41, 5.74) is 1.41. The maximum absolute atomic E-state index is 12.6. The molecule has 0 saturated carbocycles. The summed E-state index contributed by atoms with van der Waals surface area (Å²) in [6, 6.07) is 17.0. The lowest BCUT2D eigenvalue weighted by molar-refractivity contribution is -0.159. The molecule has 1 atom stereocenters. The van der Waals surface area contributed by atoms with E-state index in [4.69, 9.17) is 4.74 Å². The number of amides is 2. The minimum atomic E-state index is -1.03. The van der Waals surface area contributed by atoms with Crippen LogP contribution in [-0.2, 0) is 25.7 Å². The minimum Gasteiger partial charge on any atom is -0.459 e. The first kappa shape index (κ1) is 15.9. The SMILES string of the molecule is O=C(OCc1ccccc1)[C@@H](c1ccccc1)N1C(=O)CCC1=O. The van der Waals surface area contributed by atoms with Gasteiger partial charge in [0.25, 0.3) is 0 Å². The highest BCUT2D eigenvalue weighted by atomic mass is 16.5. The van der Waals surface area contributed by atoms with Crippen LogP contribution < -0.4 is 0 Å². The average molecular weight is 323 g/mol. The lowest BCUT2D eigenvalue weighted by Gasteiger charge is -2.25. The zero-order chi connectivity index (χ0) is 16.9. The van der Waals surface area contributed by atoms with Gasteiger partial charge in [0.2, 0.25) is 11.8 Å². The summed E-state index contributed by atoms with van der Waals surface area (Å²) < 4.78 is 5.37. The van der Waals surface area contributed by atoms with Crippen molar-refractivity contribution in [3.05, 3.63) is 71.8 Å². The Balaban J connectivity index is 1.83. The van der Waals surface area contributed by atoms with E-state index in [1.54, 1.807) is 24.3 Å². The van der Waals surface area contributed by atoms with E-state index in [0.717, 1.165) is 10.5 Å². The Bertz CT molecular complexity index is 726. The van der Waals surface area contributed by atoms with Gasteiger partial charge in [0.1, 0.15) is 6.61 Å². The van der Waals surface area contributed by atoms with Gasteiger partial charge in [0.15, 0.2) is 6.04 Å². The minimum absolute atomic E-state index is 0.0965.